The number of halogens is 2. The Morgan fingerprint density at radius 1 is 1.27 bits per heavy atom. The second-order valence-corrected chi connectivity index (χ2v) is 4.54. The van der Waals surface area contributed by atoms with E-state index in [1.807, 2.05) is 6.07 Å². The predicted molar refractivity (Wildman–Crippen MR) is 66.5 cm³/mol. The summed E-state index contributed by atoms with van der Waals surface area (Å²) in [7, 11) is 1.62. The summed E-state index contributed by atoms with van der Waals surface area (Å²) >= 11 is 12.5. The van der Waals surface area contributed by atoms with Gasteiger partial charge >= 0.3 is 0 Å². The average Bonchev–Trinajstić information content (AvgIpc) is 2.18. The third-order valence-corrected chi connectivity index (χ3v) is 3.29. The first-order valence-electron chi connectivity index (χ1n) is 5.07. The van der Waals surface area contributed by atoms with Crippen LogP contribution in [0, 0.1) is 0 Å². The van der Waals surface area contributed by atoms with E-state index >= 15 is 0 Å². The Balaban J connectivity index is 3.46. The molecule has 0 fully saturated rings. The molecule has 0 unspecified atom stereocenters. The minimum Gasteiger partial charge on any atom is -0.495 e. The van der Waals surface area contributed by atoms with Gasteiger partial charge in [0, 0.05) is 5.02 Å². The first-order chi connectivity index (χ1) is 7.02. The fraction of sp³-hybridized carbons (Fsp3) is 0.500. The van der Waals surface area contributed by atoms with Crippen molar-refractivity contribution in [3.05, 3.63) is 27.2 Å². The first kappa shape index (κ1) is 12.7. The molecule has 0 radical (unpaired) electrons. The second kappa shape index (κ2) is 5.09. The summed E-state index contributed by atoms with van der Waals surface area (Å²) in [6, 6.07) is 1.91. The van der Waals surface area contributed by atoms with Crippen LogP contribution in [-0.2, 0) is 6.42 Å². The van der Waals surface area contributed by atoms with Crippen LogP contribution in [0.3, 0.4) is 0 Å². The highest BCUT2D eigenvalue weighted by molar-refractivity contribution is 6.37. The molecule has 0 amide bonds. The third kappa shape index (κ3) is 2.40. The van der Waals surface area contributed by atoms with Crippen molar-refractivity contribution in [2.75, 3.05) is 7.11 Å². The lowest BCUT2D eigenvalue weighted by atomic mass is 9.99. The molecule has 0 saturated carbocycles. The molecule has 0 N–H and O–H groups in total. The third-order valence-electron chi connectivity index (χ3n) is 2.45. The first-order valence-corrected chi connectivity index (χ1v) is 5.83. The van der Waals surface area contributed by atoms with Crippen molar-refractivity contribution in [3.8, 4) is 5.75 Å². The Kier molecular flexibility index (Phi) is 4.30. The SMILES string of the molecule is CCc1cc(OC)c(Cl)c(C(C)C)c1Cl. The zero-order valence-corrected chi connectivity index (χ0v) is 11.0. The van der Waals surface area contributed by atoms with Gasteiger partial charge in [0.05, 0.1) is 12.1 Å². The van der Waals surface area contributed by atoms with Gasteiger partial charge in [0.15, 0.2) is 0 Å². The van der Waals surface area contributed by atoms with Crippen LogP contribution in [0.15, 0.2) is 6.07 Å². The monoisotopic (exact) mass is 246 g/mol. The largest absolute Gasteiger partial charge is 0.495 e. The minimum atomic E-state index is 0.297. The summed E-state index contributed by atoms with van der Waals surface area (Å²) in [5.74, 6) is 1.01. The van der Waals surface area contributed by atoms with E-state index < -0.39 is 0 Å². The van der Waals surface area contributed by atoms with Gasteiger partial charge in [0.25, 0.3) is 0 Å². The molecular weight excluding hydrogens is 231 g/mol. The Bertz CT molecular complexity index is 331. The number of benzene rings is 1. The molecule has 0 aromatic heterocycles. The van der Waals surface area contributed by atoms with Crippen molar-refractivity contribution < 1.29 is 4.74 Å². The molecule has 0 aliphatic carbocycles. The van der Waals surface area contributed by atoms with Crippen LogP contribution in [0.2, 0.25) is 10.0 Å². The highest BCUT2D eigenvalue weighted by Crippen LogP contribution is 2.40. The Labute approximate surface area is 101 Å². The van der Waals surface area contributed by atoms with Crippen molar-refractivity contribution in [2.24, 2.45) is 0 Å². The van der Waals surface area contributed by atoms with Crippen LogP contribution in [0.4, 0.5) is 0 Å². The number of aryl methyl sites for hydroxylation is 1. The number of rotatable bonds is 3. The molecule has 0 aliphatic rings. The topological polar surface area (TPSA) is 9.23 Å². The average molecular weight is 247 g/mol. The summed E-state index contributed by atoms with van der Waals surface area (Å²) in [6.45, 7) is 6.22. The van der Waals surface area contributed by atoms with Crippen LogP contribution in [0.25, 0.3) is 0 Å². The predicted octanol–water partition coefficient (Wildman–Crippen LogP) is 4.69. The van der Waals surface area contributed by atoms with Gasteiger partial charge < -0.3 is 4.74 Å². The molecule has 0 spiro atoms. The van der Waals surface area contributed by atoms with E-state index in [0.29, 0.717) is 16.7 Å². The van der Waals surface area contributed by atoms with Gasteiger partial charge in [-0.15, -0.1) is 0 Å². The van der Waals surface area contributed by atoms with E-state index in [9.17, 15) is 0 Å². The lowest BCUT2D eigenvalue weighted by Gasteiger charge is -2.16. The van der Waals surface area contributed by atoms with E-state index in [4.69, 9.17) is 27.9 Å². The lowest BCUT2D eigenvalue weighted by Crippen LogP contribution is -1.98. The Morgan fingerprint density at radius 3 is 2.27 bits per heavy atom. The fourth-order valence-electron chi connectivity index (χ4n) is 1.60. The van der Waals surface area contributed by atoms with Crippen LogP contribution in [-0.4, -0.2) is 7.11 Å². The van der Waals surface area contributed by atoms with Gasteiger partial charge in [0.2, 0.25) is 0 Å². The molecule has 1 nitrogen and oxygen atoms in total. The van der Waals surface area contributed by atoms with Gasteiger partial charge in [-0.3, -0.25) is 0 Å². The summed E-state index contributed by atoms with van der Waals surface area (Å²) < 4.78 is 5.24. The summed E-state index contributed by atoms with van der Waals surface area (Å²) in [6.07, 6.45) is 0.881. The number of hydrogen-bond acceptors (Lipinski definition) is 1. The van der Waals surface area contributed by atoms with Crippen molar-refractivity contribution in [1.82, 2.24) is 0 Å². The zero-order valence-electron chi connectivity index (χ0n) is 9.53. The van der Waals surface area contributed by atoms with Crippen molar-refractivity contribution >= 4 is 23.2 Å². The Morgan fingerprint density at radius 2 is 1.87 bits per heavy atom. The molecule has 84 valence electrons. The summed E-state index contributed by atoms with van der Waals surface area (Å²) in [5, 5.41) is 1.41. The minimum absolute atomic E-state index is 0.297. The van der Waals surface area contributed by atoms with Gasteiger partial charge in [-0.25, -0.2) is 0 Å². The van der Waals surface area contributed by atoms with Crippen LogP contribution >= 0.6 is 23.2 Å². The summed E-state index contributed by atoms with van der Waals surface area (Å²) in [5.41, 5.74) is 2.07. The molecular formula is C12H16Cl2O. The molecule has 1 aromatic carbocycles. The standard InChI is InChI=1S/C12H16Cl2O/c1-5-8-6-9(15-4)12(14)10(7(2)3)11(8)13/h6-7H,5H2,1-4H3. The van der Waals surface area contributed by atoms with Crippen LogP contribution < -0.4 is 4.74 Å². The maximum atomic E-state index is 6.30. The number of methoxy groups -OCH3 is 1. The maximum absolute atomic E-state index is 6.30. The number of hydrogen-bond donors (Lipinski definition) is 0. The molecule has 1 rings (SSSR count). The quantitative estimate of drug-likeness (QED) is 0.752. The molecule has 3 heteroatoms. The molecule has 15 heavy (non-hydrogen) atoms. The highest BCUT2D eigenvalue weighted by atomic mass is 35.5. The van der Waals surface area contributed by atoms with Gasteiger partial charge in [-0.1, -0.05) is 44.0 Å². The lowest BCUT2D eigenvalue weighted by molar-refractivity contribution is 0.413. The molecule has 0 saturated heterocycles. The molecule has 0 heterocycles. The normalized spacial score (nSPS) is 10.9. The smallest absolute Gasteiger partial charge is 0.138 e. The maximum Gasteiger partial charge on any atom is 0.138 e. The summed E-state index contributed by atoms with van der Waals surface area (Å²) in [4.78, 5) is 0. The fourth-order valence-corrected chi connectivity index (χ4v) is 2.59. The van der Waals surface area contributed by atoms with Crippen molar-refractivity contribution in [2.45, 2.75) is 33.1 Å². The highest BCUT2D eigenvalue weighted by Gasteiger charge is 2.17. The van der Waals surface area contributed by atoms with E-state index in [-0.39, 0.29) is 0 Å². The molecule has 0 atom stereocenters. The van der Waals surface area contributed by atoms with Crippen molar-refractivity contribution in [3.63, 3.8) is 0 Å². The van der Waals surface area contributed by atoms with Gasteiger partial charge in [-0.2, -0.15) is 0 Å². The van der Waals surface area contributed by atoms with Crippen LogP contribution in [0.5, 0.6) is 5.75 Å². The van der Waals surface area contributed by atoms with Crippen LogP contribution in [0.1, 0.15) is 37.8 Å². The van der Waals surface area contributed by atoms with E-state index in [2.05, 4.69) is 20.8 Å². The molecule has 0 aliphatic heterocycles. The zero-order chi connectivity index (χ0) is 11.6. The van der Waals surface area contributed by atoms with Gasteiger partial charge in [0.1, 0.15) is 5.75 Å². The van der Waals surface area contributed by atoms with Gasteiger partial charge in [-0.05, 0) is 29.5 Å². The van der Waals surface area contributed by atoms with E-state index in [1.165, 1.54) is 0 Å². The van der Waals surface area contributed by atoms with E-state index in [0.717, 1.165) is 22.6 Å². The van der Waals surface area contributed by atoms with E-state index in [1.54, 1.807) is 7.11 Å². The Hall–Kier alpha value is -0.400. The number of ether oxygens (including phenoxy) is 1. The molecule has 1 aromatic rings. The second-order valence-electron chi connectivity index (χ2n) is 3.79. The van der Waals surface area contributed by atoms with Crippen molar-refractivity contribution in [1.29, 1.82) is 0 Å². The molecule has 0 bridgehead atoms.